The largest absolute Gasteiger partial charge is 0.394 e. The van der Waals surface area contributed by atoms with Gasteiger partial charge in [-0.2, -0.15) is 0 Å². The molecule has 3 N–H and O–H groups in total. The van der Waals surface area contributed by atoms with Crippen LogP contribution in [0.1, 0.15) is 11.1 Å². The lowest BCUT2D eigenvalue weighted by Crippen LogP contribution is -2.43. The zero-order valence-electron chi connectivity index (χ0n) is 11.3. The molecule has 1 aliphatic heterocycles. The molecule has 20 heavy (non-hydrogen) atoms. The van der Waals surface area contributed by atoms with E-state index in [9.17, 15) is 4.39 Å². The summed E-state index contributed by atoms with van der Waals surface area (Å²) in [6.45, 7) is 2.89. The molecule has 1 aliphatic rings. The van der Waals surface area contributed by atoms with Crippen molar-refractivity contribution in [1.82, 2.24) is 4.90 Å². The highest BCUT2D eigenvalue weighted by Gasteiger charge is 2.19. The van der Waals surface area contributed by atoms with Crippen LogP contribution in [-0.2, 0) is 11.3 Å². The number of nitrogens with zero attached hydrogens (tertiary/aromatic N) is 1. The van der Waals surface area contributed by atoms with Crippen LogP contribution in [-0.4, -0.2) is 49.0 Å². The second-order valence-electron chi connectivity index (χ2n) is 4.76. The van der Waals surface area contributed by atoms with E-state index in [0.717, 1.165) is 12.1 Å². The monoisotopic (exact) mass is 278 g/mol. The highest BCUT2D eigenvalue weighted by atomic mass is 19.1. The van der Waals surface area contributed by atoms with Gasteiger partial charge < -0.3 is 15.6 Å². The van der Waals surface area contributed by atoms with Crippen molar-refractivity contribution in [3.05, 3.63) is 35.1 Å². The summed E-state index contributed by atoms with van der Waals surface area (Å²) in [6.07, 6.45) is -0.159. The van der Waals surface area contributed by atoms with Gasteiger partial charge in [-0.3, -0.25) is 4.90 Å². The predicted molar refractivity (Wildman–Crippen MR) is 74.4 cm³/mol. The Bertz CT molecular complexity index is 510. The molecule has 0 amide bonds. The Labute approximate surface area is 118 Å². The third-order valence-corrected chi connectivity index (χ3v) is 3.13. The normalized spacial score (nSPS) is 19.4. The smallest absolute Gasteiger partial charge is 0.124 e. The van der Waals surface area contributed by atoms with Crippen molar-refractivity contribution in [2.75, 3.05) is 32.8 Å². The van der Waals surface area contributed by atoms with Gasteiger partial charge in [0.25, 0.3) is 0 Å². The fourth-order valence-electron chi connectivity index (χ4n) is 2.26. The molecule has 0 aliphatic carbocycles. The summed E-state index contributed by atoms with van der Waals surface area (Å²) < 4.78 is 19.0. The van der Waals surface area contributed by atoms with Crippen LogP contribution in [0.15, 0.2) is 18.2 Å². The third kappa shape index (κ3) is 4.29. The van der Waals surface area contributed by atoms with Gasteiger partial charge in [-0.15, -0.1) is 0 Å². The third-order valence-electron chi connectivity index (χ3n) is 3.13. The highest BCUT2D eigenvalue weighted by Crippen LogP contribution is 2.13. The maximum Gasteiger partial charge on any atom is 0.124 e. The van der Waals surface area contributed by atoms with Crippen LogP contribution in [0.2, 0.25) is 0 Å². The van der Waals surface area contributed by atoms with Crippen LogP contribution in [0, 0.1) is 17.7 Å². The molecular weight excluding hydrogens is 259 g/mol. The molecule has 0 bridgehead atoms. The first kappa shape index (κ1) is 14.9. The lowest BCUT2D eigenvalue weighted by atomic mass is 10.1. The minimum absolute atomic E-state index is 0.00682. The lowest BCUT2D eigenvalue weighted by Gasteiger charge is -2.32. The molecule has 1 fully saturated rings. The zero-order valence-corrected chi connectivity index (χ0v) is 11.3. The second kappa shape index (κ2) is 7.36. The van der Waals surface area contributed by atoms with E-state index in [-0.39, 0.29) is 25.1 Å². The number of halogens is 1. The summed E-state index contributed by atoms with van der Waals surface area (Å²) in [5.74, 6) is 5.27. The Kier molecular flexibility index (Phi) is 5.50. The fraction of sp³-hybridized carbons (Fsp3) is 0.467. The number of hydrogen-bond acceptors (Lipinski definition) is 4. The van der Waals surface area contributed by atoms with Crippen LogP contribution in [0.4, 0.5) is 4.39 Å². The molecule has 1 heterocycles. The minimum Gasteiger partial charge on any atom is -0.394 e. The average molecular weight is 278 g/mol. The molecule has 1 unspecified atom stereocenters. The molecule has 0 saturated carbocycles. The first-order valence-corrected chi connectivity index (χ1v) is 6.64. The van der Waals surface area contributed by atoms with Gasteiger partial charge in [0.2, 0.25) is 0 Å². The molecule has 1 atom stereocenters. The van der Waals surface area contributed by atoms with Gasteiger partial charge in [-0.1, -0.05) is 11.8 Å². The predicted octanol–water partition coefficient (Wildman–Crippen LogP) is 0.329. The number of aliphatic hydroxyl groups is 1. The van der Waals surface area contributed by atoms with Crippen LogP contribution >= 0.6 is 0 Å². The van der Waals surface area contributed by atoms with E-state index >= 15 is 0 Å². The van der Waals surface area contributed by atoms with E-state index in [0.29, 0.717) is 25.3 Å². The molecule has 0 aromatic heterocycles. The van der Waals surface area contributed by atoms with Crippen LogP contribution in [0.5, 0.6) is 0 Å². The number of ether oxygens (including phenoxy) is 1. The van der Waals surface area contributed by atoms with Crippen molar-refractivity contribution >= 4 is 0 Å². The number of aliphatic hydroxyl groups excluding tert-OH is 1. The van der Waals surface area contributed by atoms with Crippen LogP contribution in [0.3, 0.4) is 0 Å². The summed E-state index contributed by atoms with van der Waals surface area (Å²) in [5, 5.41) is 9.12. The van der Waals surface area contributed by atoms with Crippen molar-refractivity contribution in [2.45, 2.75) is 12.6 Å². The van der Waals surface area contributed by atoms with E-state index < -0.39 is 0 Å². The Morgan fingerprint density at radius 3 is 3.05 bits per heavy atom. The van der Waals surface area contributed by atoms with Crippen LogP contribution in [0.25, 0.3) is 0 Å². The standard InChI is InChI=1S/C15H19FN2O2/c16-14-7-12(2-1-3-17)6-13(8-14)9-18-4-5-20-15(10-18)11-19/h6-8,15,19H,3-5,9-11,17H2. The van der Waals surface area contributed by atoms with Crippen molar-refractivity contribution in [1.29, 1.82) is 0 Å². The van der Waals surface area contributed by atoms with Gasteiger partial charge in [0.05, 0.1) is 25.9 Å². The quantitative estimate of drug-likeness (QED) is 0.782. The maximum absolute atomic E-state index is 13.6. The van der Waals surface area contributed by atoms with Crippen molar-refractivity contribution in [3.8, 4) is 11.8 Å². The van der Waals surface area contributed by atoms with Crippen molar-refractivity contribution in [2.24, 2.45) is 5.73 Å². The number of rotatable bonds is 3. The first-order valence-electron chi connectivity index (χ1n) is 6.64. The zero-order chi connectivity index (χ0) is 14.4. The topological polar surface area (TPSA) is 58.7 Å². The van der Waals surface area contributed by atoms with Crippen molar-refractivity contribution in [3.63, 3.8) is 0 Å². The molecule has 1 saturated heterocycles. The summed E-state index contributed by atoms with van der Waals surface area (Å²) in [7, 11) is 0. The van der Waals surface area contributed by atoms with E-state index in [1.54, 1.807) is 0 Å². The Balaban J connectivity index is 2.06. The highest BCUT2D eigenvalue weighted by molar-refractivity contribution is 5.38. The van der Waals surface area contributed by atoms with Gasteiger partial charge in [0.15, 0.2) is 0 Å². The number of benzene rings is 1. The second-order valence-corrected chi connectivity index (χ2v) is 4.76. The van der Waals surface area contributed by atoms with E-state index in [4.69, 9.17) is 15.6 Å². The molecule has 4 nitrogen and oxygen atoms in total. The van der Waals surface area contributed by atoms with Gasteiger partial charge in [-0.05, 0) is 23.8 Å². The molecule has 1 aromatic rings. The molecule has 0 radical (unpaired) electrons. The van der Waals surface area contributed by atoms with Gasteiger partial charge in [-0.25, -0.2) is 4.39 Å². The average Bonchev–Trinajstić information content (AvgIpc) is 2.44. The number of hydrogen-bond donors (Lipinski definition) is 2. The molecule has 0 spiro atoms. The Morgan fingerprint density at radius 1 is 1.45 bits per heavy atom. The van der Waals surface area contributed by atoms with E-state index in [2.05, 4.69) is 16.7 Å². The summed E-state index contributed by atoms with van der Waals surface area (Å²) in [5.41, 5.74) is 6.82. The number of nitrogens with two attached hydrogens (primary N) is 1. The van der Waals surface area contributed by atoms with E-state index in [1.807, 2.05) is 6.07 Å². The van der Waals surface area contributed by atoms with Crippen LogP contribution < -0.4 is 5.73 Å². The maximum atomic E-state index is 13.6. The molecule has 5 heteroatoms. The SMILES string of the molecule is NCC#Cc1cc(F)cc(CN2CCOC(CO)C2)c1. The molecule has 2 rings (SSSR count). The summed E-state index contributed by atoms with van der Waals surface area (Å²) in [6, 6.07) is 4.79. The van der Waals surface area contributed by atoms with E-state index in [1.165, 1.54) is 12.1 Å². The lowest BCUT2D eigenvalue weighted by molar-refractivity contribution is -0.0551. The molecule has 1 aromatic carbocycles. The molecule has 108 valence electrons. The minimum atomic E-state index is -0.296. The van der Waals surface area contributed by atoms with Crippen molar-refractivity contribution < 1.29 is 14.2 Å². The Hall–Kier alpha value is -1.45. The summed E-state index contributed by atoms with van der Waals surface area (Å²) >= 11 is 0. The summed E-state index contributed by atoms with van der Waals surface area (Å²) in [4.78, 5) is 2.14. The fourth-order valence-corrected chi connectivity index (χ4v) is 2.26. The molecular formula is C15H19FN2O2. The van der Waals surface area contributed by atoms with Gasteiger partial charge >= 0.3 is 0 Å². The first-order chi connectivity index (χ1) is 9.71. The Morgan fingerprint density at radius 2 is 2.30 bits per heavy atom. The number of morpholine rings is 1. The van der Waals surface area contributed by atoms with Gasteiger partial charge in [0, 0.05) is 25.2 Å². The van der Waals surface area contributed by atoms with Gasteiger partial charge in [0.1, 0.15) is 5.82 Å².